The second kappa shape index (κ2) is 6.69. The molecule has 1 aliphatic rings. The summed E-state index contributed by atoms with van der Waals surface area (Å²) < 4.78 is 52.0. The number of hydrogen-bond donors (Lipinski definition) is 2. The molecule has 0 radical (unpaired) electrons. The summed E-state index contributed by atoms with van der Waals surface area (Å²) in [5.41, 5.74) is 4.24. The topological polar surface area (TPSA) is 46.2 Å². The summed E-state index contributed by atoms with van der Waals surface area (Å²) in [5, 5.41) is 9.34. The largest absolute Gasteiger partial charge is 0.416 e. The Kier molecular flexibility index (Phi) is 5.89. The highest BCUT2D eigenvalue weighted by molar-refractivity contribution is 6.30. The van der Waals surface area contributed by atoms with E-state index < -0.39 is 40.3 Å². The van der Waals surface area contributed by atoms with Crippen LogP contribution in [0.4, 0.5) is 17.6 Å². The third-order valence-electron chi connectivity index (χ3n) is 3.74. The Morgan fingerprint density at radius 2 is 1.86 bits per heavy atom. The smallest absolute Gasteiger partial charge is 0.391 e. The fraction of sp³-hybridized carbons (Fsp3) is 0.538. The standard InChI is InChI=1S/C13H14ClF4NO.ClH/c14-9-5-7(13(16,17)18)4-8(10(9)15)11(19)12(20)6-2-1-3-6;/h4-6,11-12,20H,1-3,19H2;1H/t11-,12+;/m0./s1. The monoisotopic (exact) mass is 347 g/mol. The first-order chi connectivity index (χ1) is 9.21. The van der Waals surface area contributed by atoms with Gasteiger partial charge in [0.2, 0.25) is 0 Å². The van der Waals surface area contributed by atoms with Crippen molar-refractivity contribution in [2.24, 2.45) is 11.7 Å². The molecule has 2 atom stereocenters. The van der Waals surface area contributed by atoms with E-state index in [9.17, 15) is 22.7 Å². The molecule has 8 heteroatoms. The maximum absolute atomic E-state index is 13.9. The molecular formula is C13H15Cl2F4NO. The van der Waals surface area contributed by atoms with Gasteiger partial charge in [0.25, 0.3) is 0 Å². The molecule has 0 bridgehead atoms. The number of aliphatic hydroxyl groups is 1. The normalized spacial score (nSPS) is 18.6. The van der Waals surface area contributed by atoms with Crippen molar-refractivity contribution >= 4 is 24.0 Å². The van der Waals surface area contributed by atoms with Gasteiger partial charge in [-0.2, -0.15) is 13.2 Å². The Hall–Kier alpha value is -0.560. The first kappa shape index (κ1) is 18.5. The van der Waals surface area contributed by atoms with Crippen LogP contribution in [-0.4, -0.2) is 11.2 Å². The van der Waals surface area contributed by atoms with Crippen molar-refractivity contribution in [3.8, 4) is 0 Å². The van der Waals surface area contributed by atoms with Crippen molar-refractivity contribution in [3.05, 3.63) is 34.1 Å². The van der Waals surface area contributed by atoms with Crippen molar-refractivity contribution < 1.29 is 22.7 Å². The molecule has 2 rings (SSSR count). The second-order valence-electron chi connectivity index (χ2n) is 5.07. The SMILES string of the molecule is Cl.N[C@@H](c1cc(C(F)(F)F)cc(Cl)c1F)[C@H](O)C1CCC1. The van der Waals surface area contributed by atoms with Crippen LogP contribution in [0.1, 0.15) is 36.4 Å². The van der Waals surface area contributed by atoms with Gasteiger partial charge < -0.3 is 10.8 Å². The molecule has 120 valence electrons. The van der Waals surface area contributed by atoms with E-state index in [0.29, 0.717) is 12.1 Å². The van der Waals surface area contributed by atoms with Crippen LogP contribution in [0.25, 0.3) is 0 Å². The van der Waals surface area contributed by atoms with Gasteiger partial charge in [-0.25, -0.2) is 4.39 Å². The fourth-order valence-electron chi connectivity index (χ4n) is 2.28. The van der Waals surface area contributed by atoms with E-state index in [1.165, 1.54) is 0 Å². The zero-order valence-corrected chi connectivity index (χ0v) is 12.4. The van der Waals surface area contributed by atoms with Crippen molar-refractivity contribution in [3.63, 3.8) is 0 Å². The summed E-state index contributed by atoms with van der Waals surface area (Å²) in [5.74, 6) is -1.11. The quantitative estimate of drug-likeness (QED) is 0.809. The number of benzene rings is 1. The van der Waals surface area contributed by atoms with Gasteiger partial charge in [-0.15, -0.1) is 12.4 Å². The molecule has 0 saturated heterocycles. The molecule has 1 aromatic carbocycles. The van der Waals surface area contributed by atoms with Crippen molar-refractivity contribution in [1.82, 2.24) is 0 Å². The van der Waals surface area contributed by atoms with Crippen LogP contribution < -0.4 is 5.73 Å². The van der Waals surface area contributed by atoms with Crippen LogP contribution in [0.3, 0.4) is 0 Å². The van der Waals surface area contributed by atoms with Crippen LogP contribution >= 0.6 is 24.0 Å². The number of hydrogen-bond acceptors (Lipinski definition) is 2. The van der Waals surface area contributed by atoms with Gasteiger partial charge in [-0.3, -0.25) is 0 Å². The number of halogens is 6. The fourth-order valence-corrected chi connectivity index (χ4v) is 2.50. The summed E-state index contributed by atoms with van der Waals surface area (Å²) >= 11 is 5.49. The zero-order valence-electron chi connectivity index (χ0n) is 10.8. The Bertz CT molecular complexity index is 506. The van der Waals surface area contributed by atoms with Gasteiger partial charge in [0.1, 0.15) is 5.82 Å². The highest BCUT2D eigenvalue weighted by Crippen LogP contribution is 2.38. The Balaban J connectivity index is 0.00000220. The van der Waals surface area contributed by atoms with Gasteiger partial charge in [-0.05, 0) is 30.9 Å². The lowest BCUT2D eigenvalue weighted by Gasteiger charge is -2.34. The summed E-state index contributed by atoms with van der Waals surface area (Å²) in [6.07, 6.45) is -3.31. The number of alkyl halides is 3. The molecular weight excluding hydrogens is 333 g/mol. The van der Waals surface area contributed by atoms with Crippen molar-refractivity contribution in [2.45, 2.75) is 37.6 Å². The molecule has 0 heterocycles. The van der Waals surface area contributed by atoms with Crippen molar-refractivity contribution in [1.29, 1.82) is 0 Å². The van der Waals surface area contributed by atoms with Crippen LogP contribution in [-0.2, 0) is 6.18 Å². The maximum atomic E-state index is 13.9. The summed E-state index contributed by atoms with van der Waals surface area (Å²) in [7, 11) is 0. The summed E-state index contributed by atoms with van der Waals surface area (Å²) in [6, 6.07) is -0.0866. The minimum atomic E-state index is -4.65. The molecule has 1 saturated carbocycles. The molecule has 0 aromatic heterocycles. The molecule has 0 amide bonds. The molecule has 1 fully saturated rings. The molecule has 2 nitrogen and oxygen atoms in total. The van der Waals surface area contributed by atoms with Gasteiger partial charge in [0, 0.05) is 5.56 Å². The maximum Gasteiger partial charge on any atom is 0.416 e. The molecule has 0 unspecified atom stereocenters. The van der Waals surface area contributed by atoms with Crippen LogP contribution in [0.2, 0.25) is 5.02 Å². The molecule has 21 heavy (non-hydrogen) atoms. The minimum Gasteiger partial charge on any atom is -0.391 e. The number of rotatable bonds is 3. The minimum absolute atomic E-state index is 0. The molecule has 1 aliphatic carbocycles. The average Bonchev–Trinajstić information content (AvgIpc) is 2.27. The third-order valence-corrected chi connectivity index (χ3v) is 4.02. The molecule has 1 aromatic rings. The van der Waals surface area contributed by atoms with Gasteiger partial charge >= 0.3 is 6.18 Å². The Labute approximate surface area is 130 Å². The van der Waals surface area contributed by atoms with Crippen LogP contribution in [0.15, 0.2) is 12.1 Å². The lowest BCUT2D eigenvalue weighted by Crippen LogP contribution is -2.37. The zero-order chi connectivity index (χ0) is 15.1. The third kappa shape index (κ3) is 3.80. The van der Waals surface area contributed by atoms with E-state index >= 15 is 0 Å². The lowest BCUT2D eigenvalue weighted by atomic mass is 9.77. The van der Waals surface area contributed by atoms with Crippen LogP contribution in [0.5, 0.6) is 0 Å². The summed E-state index contributed by atoms with van der Waals surface area (Å²) in [6.45, 7) is 0. The van der Waals surface area contributed by atoms with E-state index in [2.05, 4.69) is 0 Å². The Morgan fingerprint density at radius 3 is 2.29 bits per heavy atom. The number of nitrogens with two attached hydrogens (primary N) is 1. The highest BCUT2D eigenvalue weighted by atomic mass is 35.5. The van der Waals surface area contributed by atoms with E-state index in [1.54, 1.807) is 0 Å². The van der Waals surface area contributed by atoms with Crippen LogP contribution in [0, 0.1) is 11.7 Å². The Morgan fingerprint density at radius 1 is 1.29 bits per heavy atom. The van der Waals surface area contributed by atoms with Gasteiger partial charge in [0.05, 0.1) is 22.7 Å². The molecule has 3 N–H and O–H groups in total. The van der Waals surface area contributed by atoms with E-state index in [1.807, 2.05) is 0 Å². The first-order valence-corrected chi connectivity index (χ1v) is 6.59. The van der Waals surface area contributed by atoms with E-state index in [4.69, 9.17) is 17.3 Å². The van der Waals surface area contributed by atoms with E-state index in [-0.39, 0.29) is 18.3 Å². The molecule has 0 aliphatic heterocycles. The summed E-state index contributed by atoms with van der Waals surface area (Å²) in [4.78, 5) is 0. The van der Waals surface area contributed by atoms with Crippen molar-refractivity contribution in [2.75, 3.05) is 0 Å². The highest BCUT2D eigenvalue weighted by Gasteiger charge is 2.36. The average molecular weight is 348 g/mol. The van der Waals surface area contributed by atoms with Gasteiger partial charge in [0.15, 0.2) is 0 Å². The second-order valence-corrected chi connectivity index (χ2v) is 5.47. The first-order valence-electron chi connectivity index (χ1n) is 6.21. The van der Waals surface area contributed by atoms with E-state index in [0.717, 1.165) is 19.3 Å². The number of aliphatic hydroxyl groups excluding tert-OH is 1. The lowest BCUT2D eigenvalue weighted by molar-refractivity contribution is -0.137. The predicted molar refractivity (Wildman–Crippen MR) is 73.9 cm³/mol. The van der Waals surface area contributed by atoms with Gasteiger partial charge in [-0.1, -0.05) is 18.0 Å². The predicted octanol–water partition coefficient (Wildman–Crippen LogP) is 4.08. The molecule has 0 spiro atoms.